The van der Waals surface area contributed by atoms with Crippen LogP contribution in [0.1, 0.15) is 60.0 Å². The van der Waals surface area contributed by atoms with Gasteiger partial charge in [-0.1, -0.05) is 0 Å². The number of benzene rings is 2. The van der Waals surface area contributed by atoms with Crippen molar-refractivity contribution in [2.75, 3.05) is 53.0 Å². The third-order valence-corrected chi connectivity index (χ3v) is 6.77. The molecule has 0 unspecified atom stereocenters. The average Bonchev–Trinajstić information content (AvgIpc) is 3.46. The molecule has 2 aromatic carbocycles. The van der Waals surface area contributed by atoms with Gasteiger partial charge in [0.15, 0.2) is 29.1 Å². The molecule has 3 aliphatic heterocycles. The maximum absolute atomic E-state index is 13.3. The van der Waals surface area contributed by atoms with Crippen molar-refractivity contribution in [2.45, 2.75) is 39.3 Å². The number of nitrogens with two attached hydrogens (primary N) is 1. The van der Waals surface area contributed by atoms with Crippen molar-refractivity contribution >= 4 is 11.7 Å². The predicted molar refractivity (Wildman–Crippen MR) is 131 cm³/mol. The minimum atomic E-state index is -0.732. The van der Waals surface area contributed by atoms with Crippen LogP contribution in [0.2, 0.25) is 0 Å². The van der Waals surface area contributed by atoms with Crippen LogP contribution in [-0.4, -0.2) is 58.2 Å². The molecule has 36 heavy (non-hydrogen) atoms. The number of esters is 1. The van der Waals surface area contributed by atoms with Crippen LogP contribution in [0.5, 0.6) is 34.5 Å². The van der Waals surface area contributed by atoms with Crippen LogP contribution in [-0.2, 0) is 11.2 Å². The van der Waals surface area contributed by atoms with Crippen molar-refractivity contribution in [3.05, 3.63) is 28.3 Å². The largest absolute Gasteiger partial charge is 0.492 e. The molecule has 0 bridgehead atoms. The number of nitrogens with zero attached hydrogens (tertiary/aromatic N) is 1. The Morgan fingerprint density at radius 3 is 2.39 bits per heavy atom. The smallest absolute Gasteiger partial charge is 0.341 e. The second-order valence-electron chi connectivity index (χ2n) is 8.71. The zero-order chi connectivity index (χ0) is 25.6. The van der Waals surface area contributed by atoms with Crippen molar-refractivity contribution in [1.29, 1.82) is 0 Å². The molecule has 194 valence electrons. The Morgan fingerprint density at radius 1 is 1.00 bits per heavy atom. The quantitative estimate of drug-likeness (QED) is 0.426. The molecule has 0 aromatic heterocycles. The molecular formula is C26H32N2O8. The molecular weight excluding hydrogens is 468 g/mol. The van der Waals surface area contributed by atoms with E-state index in [1.807, 2.05) is 33.9 Å². The fourth-order valence-electron chi connectivity index (χ4n) is 5.37. The van der Waals surface area contributed by atoms with Gasteiger partial charge in [0.25, 0.3) is 0 Å². The Morgan fingerprint density at radius 2 is 1.69 bits per heavy atom. The highest BCUT2D eigenvalue weighted by Crippen LogP contribution is 2.59. The first-order valence-electron chi connectivity index (χ1n) is 12.2. The first kappa shape index (κ1) is 24.2. The molecule has 0 amide bonds. The fourth-order valence-corrected chi connectivity index (χ4v) is 5.37. The lowest BCUT2D eigenvalue weighted by Gasteiger charge is -2.38. The van der Waals surface area contributed by atoms with E-state index in [0.717, 1.165) is 24.1 Å². The second kappa shape index (κ2) is 9.50. The van der Waals surface area contributed by atoms with Crippen LogP contribution in [0.25, 0.3) is 0 Å². The van der Waals surface area contributed by atoms with E-state index >= 15 is 0 Å². The van der Waals surface area contributed by atoms with Crippen LogP contribution in [0.4, 0.5) is 5.69 Å². The summed E-state index contributed by atoms with van der Waals surface area (Å²) in [6.07, 6.45) is 0.0427. The van der Waals surface area contributed by atoms with Gasteiger partial charge in [0.1, 0.15) is 0 Å². The number of rotatable bonds is 8. The summed E-state index contributed by atoms with van der Waals surface area (Å²) in [6.45, 7) is 7.50. The third kappa shape index (κ3) is 3.54. The zero-order valence-corrected chi connectivity index (χ0v) is 21.3. The number of carbonyl (C=O) groups excluding carboxylic acids is 1. The van der Waals surface area contributed by atoms with Gasteiger partial charge < -0.3 is 38.9 Å². The summed E-state index contributed by atoms with van der Waals surface area (Å²) in [5.74, 6) is 2.31. The molecule has 2 N–H and O–H groups in total. The van der Waals surface area contributed by atoms with Gasteiger partial charge >= 0.3 is 5.97 Å². The Hall–Kier alpha value is -3.53. The van der Waals surface area contributed by atoms with Gasteiger partial charge in [-0.3, -0.25) is 4.90 Å². The van der Waals surface area contributed by atoms with Crippen LogP contribution >= 0.6 is 0 Å². The molecule has 0 spiro atoms. The van der Waals surface area contributed by atoms with Gasteiger partial charge in [-0.05, 0) is 45.9 Å². The van der Waals surface area contributed by atoms with Gasteiger partial charge in [-0.25, -0.2) is 4.79 Å². The lowest BCUT2D eigenvalue weighted by Crippen LogP contribution is -2.36. The van der Waals surface area contributed by atoms with E-state index in [-0.39, 0.29) is 23.8 Å². The first-order valence-corrected chi connectivity index (χ1v) is 12.2. The van der Waals surface area contributed by atoms with E-state index in [4.69, 9.17) is 38.9 Å². The summed E-state index contributed by atoms with van der Waals surface area (Å²) >= 11 is 0. The van der Waals surface area contributed by atoms with Crippen molar-refractivity contribution in [1.82, 2.24) is 4.90 Å². The molecule has 2 aromatic rings. The Balaban J connectivity index is 1.76. The molecule has 0 fully saturated rings. The van der Waals surface area contributed by atoms with Gasteiger partial charge in [-0.15, -0.1) is 0 Å². The predicted octanol–water partition coefficient (Wildman–Crippen LogP) is 3.64. The summed E-state index contributed by atoms with van der Waals surface area (Å²) in [6, 6.07) is 1.59. The lowest BCUT2D eigenvalue weighted by atomic mass is 9.85. The van der Waals surface area contributed by atoms with Gasteiger partial charge in [0.2, 0.25) is 18.3 Å². The number of nitrogen functional groups attached to an aromatic ring is 1. The standard InChI is InChI=1S/C26H32N2O8/c1-6-31-23-17-16(18(27)24(32-7-2)25(23)33-8-3)26(29)36-21(17)19-15-13(9-10-28(19)4)11-14-20(22(15)30-5)35-12-34-14/h11,19,21H,6-10,12,27H2,1-5H3/t19-,21-/m0/s1. The molecule has 3 heterocycles. The third-order valence-electron chi connectivity index (χ3n) is 6.77. The van der Waals surface area contributed by atoms with E-state index in [2.05, 4.69) is 4.90 Å². The van der Waals surface area contributed by atoms with Crippen molar-refractivity contribution < 1.29 is 38.0 Å². The van der Waals surface area contributed by atoms with E-state index in [1.54, 1.807) is 7.11 Å². The Labute approximate surface area is 210 Å². The molecule has 0 radical (unpaired) electrons. The molecule has 2 atom stereocenters. The normalized spacial score (nSPS) is 20.0. The molecule has 0 saturated heterocycles. The molecule has 5 rings (SSSR count). The van der Waals surface area contributed by atoms with Crippen LogP contribution < -0.4 is 34.2 Å². The van der Waals surface area contributed by atoms with E-state index in [1.165, 1.54) is 0 Å². The Kier molecular flexibility index (Phi) is 6.38. The number of hydrogen-bond donors (Lipinski definition) is 1. The number of likely N-dealkylation sites (N-methyl/N-ethyl adjacent to an activating group) is 1. The summed E-state index contributed by atoms with van der Waals surface area (Å²) < 4.78 is 41.2. The number of cyclic esters (lactones) is 1. The first-order chi connectivity index (χ1) is 17.5. The number of anilines is 1. The minimum absolute atomic E-state index is 0.124. The highest BCUT2D eigenvalue weighted by Gasteiger charge is 2.49. The molecule has 10 heteroatoms. The van der Waals surface area contributed by atoms with E-state index in [0.29, 0.717) is 54.1 Å². The molecule has 0 saturated carbocycles. The summed E-state index contributed by atoms with van der Waals surface area (Å²) in [4.78, 5) is 15.5. The maximum Gasteiger partial charge on any atom is 0.341 e. The molecule has 10 nitrogen and oxygen atoms in total. The number of ether oxygens (including phenoxy) is 7. The van der Waals surface area contributed by atoms with Gasteiger partial charge in [0.05, 0.1) is 49.8 Å². The number of carbonyl (C=O) groups is 1. The number of hydrogen-bond acceptors (Lipinski definition) is 10. The summed E-state index contributed by atoms with van der Waals surface area (Å²) in [7, 11) is 3.59. The number of methoxy groups -OCH3 is 1. The van der Waals surface area contributed by atoms with E-state index in [9.17, 15) is 4.79 Å². The lowest BCUT2D eigenvalue weighted by molar-refractivity contribution is 0.00816. The Bertz CT molecular complexity index is 1200. The minimum Gasteiger partial charge on any atom is -0.492 e. The van der Waals surface area contributed by atoms with Crippen molar-refractivity contribution in [3.63, 3.8) is 0 Å². The molecule has 3 aliphatic rings. The monoisotopic (exact) mass is 500 g/mol. The van der Waals surface area contributed by atoms with Gasteiger partial charge in [0, 0.05) is 12.1 Å². The second-order valence-corrected chi connectivity index (χ2v) is 8.71. The fraction of sp³-hybridized carbons (Fsp3) is 0.500. The summed E-state index contributed by atoms with van der Waals surface area (Å²) in [5, 5.41) is 0. The SMILES string of the molecule is CCOc1c(N)c2c(c(OCC)c1OCC)[C@@H]([C@@H]1c3c(cc4c(c3OC)OCO4)CCN1C)OC2=O. The van der Waals surface area contributed by atoms with E-state index < -0.39 is 18.1 Å². The van der Waals surface area contributed by atoms with Crippen molar-refractivity contribution in [2.24, 2.45) is 0 Å². The van der Waals surface area contributed by atoms with Gasteiger partial charge in [-0.2, -0.15) is 0 Å². The highest BCUT2D eigenvalue weighted by molar-refractivity contribution is 6.03. The van der Waals surface area contributed by atoms with Crippen molar-refractivity contribution in [3.8, 4) is 34.5 Å². The van der Waals surface area contributed by atoms with Crippen LogP contribution in [0, 0.1) is 0 Å². The van der Waals surface area contributed by atoms with Crippen LogP contribution in [0.3, 0.4) is 0 Å². The highest BCUT2D eigenvalue weighted by atomic mass is 16.7. The topological polar surface area (TPSA) is 111 Å². The van der Waals surface area contributed by atoms with Crippen LogP contribution in [0.15, 0.2) is 6.07 Å². The summed E-state index contributed by atoms with van der Waals surface area (Å²) in [5.41, 5.74) is 9.43. The molecule has 0 aliphatic carbocycles. The average molecular weight is 501 g/mol. The maximum atomic E-state index is 13.3. The number of fused-ring (bicyclic) bond motifs is 3. The zero-order valence-electron chi connectivity index (χ0n) is 21.3.